The van der Waals surface area contributed by atoms with Crippen molar-refractivity contribution in [2.45, 2.75) is 0 Å². The lowest BCUT2D eigenvalue weighted by molar-refractivity contribution is 1.36. The third-order valence-corrected chi connectivity index (χ3v) is 3.04. The Balaban J connectivity index is 2.63. The first-order valence-corrected chi connectivity index (χ1v) is 5.60. The van der Waals surface area contributed by atoms with Crippen molar-refractivity contribution >= 4 is 33.1 Å². The fourth-order valence-electron chi connectivity index (χ4n) is 1.94. The van der Waals surface area contributed by atoms with Gasteiger partial charge in [-0.05, 0) is 35.0 Å². The largest absolute Gasteiger partial charge is 0.289 e. The summed E-state index contributed by atoms with van der Waals surface area (Å²) in [6.45, 7) is 0. The van der Waals surface area contributed by atoms with Gasteiger partial charge in [0.05, 0.1) is 0 Å². The lowest BCUT2D eigenvalue weighted by atomic mass is 10.2. The van der Waals surface area contributed by atoms with E-state index in [9.17, 15) is 4.79 Å². The van der Waals surface area contributed by atoms with Gasteiger partial charge in [-0.25, -0.2) is 0 Å². The van der Waals surface area contributed by atoms with Gasteiger partial charge in [0.25, 0.3) is 0 Å². The van der Waals surface area contributed by atoms with E-state index in [0.717, 1.165) is 10.8 Å². The van der Waals surface area contributed by atoms with Crippen molar-refractivity contribution in [3.8, 4) is 0 Å². The highest BCUT2D eigenvalue weighted by atomic mass is 35.5. The van der Waals surface area contributed by atoms with Crippen molar-refractivity contribution < 1.29 is 0 Å². The molecular weight excluding hydrogens is 234 g/mol. The molecule has 17 heavy (non-hydrogen) atoms. The van der Waals surface area contributed by atoms with Crippen LogP contribution in [0.1, 0.15) is 0 Å². The number of rotatable bonds is 0. The van der Waals surface area contributed by atoms with Gasteiger partial charge >= 0.3 is 0 Å². The van der Waals surface area contributed by atoms with Gasteiger partial charge in [0.2, 0.25) is 0 Å². The number of aromatic nitrogens is 1. The molecule has 3 heteroatoms. The second kappa shape index (κ2) is 3.82. The Morgan fingerprint density at radius 3 is 2.65 bits per heavy atom. The van der Waals surface area contributed by atoms with Crippen LogP contribution in [0.3, 0.4) is 0 Å². The van der Waals surface area contributed by atoms with Gasteiger partial charge in [-0.15, -0.1) is 0 Å². The molecular formula is C14H8ClNO. The number of nitrogens with zero attached hydrogens (tertiary/aromatic N) is 1. The van der Waals surface area contributed by atoms with Gasteiger partial charge < -0.3 is 0 Å². The summed E-state index contributed by atoms with van der Waals surface area (Å²) in [6, 6.07) is 10.9. The number of hydrogen-bond acceptors (Lipinski definition) is 2. The van der Waals surface area contributed by atoms with E-state index in [1.165, 1.54) is 0 Å². The predicted molar refractivity (Wildman–Crippen MR) is 70.5 cm³/mol. The summed E-state index contributed by atoms with van der Waals surface area (Å²) in [5.41, 5.74) is -0.00948. The maximum atomic E-state index is 12.3. The molecule has 0 fully saturated rings. The molecule has 2 nitrogen and oxygen atoms in total. The lowest BCUT2D eigenvalue weighted by Gasteiger charge is -1.92. The Kier molecular flexibility index (Phi) is 2.30. The summed E-state index contributed by atoms with van der Waals surface area (Å²) in [6.07, 6.45) is 3.28. The van der Waals surface area contributed by atoms with Crippen molar-refractivity contribution in [3.63, 3.8) is 0 Å². The Morgan fingerprint density at radius 1 is 0.941 bits per heavy atom. The minimum Gasteiger partial charge on any atom is -0.289 e. The molecule has 0 aliphatic heterocycles. The topological polar surface area (TPSA) is 30.0 Å². The van der Waals surface area contributed by atoms with Crippen LogP contribution >= 0.6 is 11.6 Å². The molecule has 0 aliphatic rings. The highest BCUT2D eigenvalue weighted by molar-refractivity contribution is 6.31. The van der Waals surface area contributed by atoms with E-state index in [1.54, 1.807) is 30.6 Å². The van der Waals surface area contributed by atoms with Crippen molar-refractivity contribution in [2.24, 2.45) is 0 Å². The summed E-state index contributed by atoms with van der Waals surface area (Å²) in [4.78, 5) is 16.3. The minimum atomic E-state index is -0.00948. The molecule has 0 spiro atoms. The highest BCUT2D eigenvalue weighted by Crippen LogP contribution is 2.18. The average molecular weight is 242 g/mol. The van der Waals surface area contributed by atoms with Crippen LogP contribution < -0.4 is 5.43 Å². The molecule has 82 valence electrons. The third-order valence-electron chi connectivity index (χ3n) is 2.80. The average Bonchev–Trinajstić information content (AvgIpc) is 2.48. The molecule has 0 unspecified atom stereocenters. The molecule has 0 saturated heterocycles. The minimum absolute atomic E-state index is 0.00948. The zero-order valence-electron chi connectivity index (χ0n) is 8.85. The van der Waals surface area contributed by atoms with Crippen molar-refractivity contribution in [3.05, 3.63) is 64.0 Å². The number of pyridine rings is 1. The molecule has 2 aromatic carbocycles. The smallest absolute Gasteiger partial charge is 0.195 e. The predicted octanol–water partition coefficient (Wildman–Crippen LogP) is 3.40. The van der Waals surface area contributed by atoms with Crippen LogP contribution in [0.5, 0.6) is 0 Å². The maximum absolute atomic E-state index is 12.3. The zero-order valence-corrected chi connectivity index (χ0v) is 9.61. The van der Waals surface area contributed by atoms with Gasteiger partial charge in [0.15, 0.2) is 5.43 Å². The molecule has 1 heterocycles. The number of fused-ring (bicyclic) bond motifs is 2. The number of hydrogen-bond donors (Lipinski definition) is 0. The summed E-state index contributed by atoms with van der Waals surface area (Å²) in [7, 11) is 0. The van der Waals surface area contributed by atoms with Crippen molar-refractivity contribution in [1.29, 1.82) is 0 Å². The highest BCUT2D eigenvalue weighted by Gasteiger charge is 2.02. The Hall–Kier alpha value is -1.93. The first kappa shape index (κ1) is 10.2. The van der Waals surface area contributed by atoms with Gasteiger partial charge in [-0.3, -0.25) is 9.78 Å². The van der Waals surface area contributed by atoms with Crippen LogP contribution in [0.15, 0.2) is 53.6 Å². The molecule has 0 amide bonds. The number of halogens is 1. The maximum Gasteiger partial charge on any atom is 0.195 e. The monoisotopic (exact) mass is 241 g/mol. The van der Waals surface area contributed by atoms with E-state index in [2.05, 4.69) is 4.98 Å². The van der Waals surface area contributed by atoms with E-state index >= 15 is 0 Å². The lowest BCUT2D eigenvalue weighted by Crippen LogP contribution is -1.98. The van der Waals surface area contributed by atoms with Crippen LogP contribution in [0.4, 0.5) is 0 Å². The molecule has 3 rings (SSSR count). The summed E-state index contributed by atoms with van der Waals surface area (Å²) >= 11 is 5.93. The fraction of sp³-hybridized carbons (Fsp3) is 0. The third kappa shape index (κ3) is 1.67. The molecule has 0 N–H and O–H groups in total. The van der Waals surface area contributed by atoms with Crippen molar-refractivity contribution in [2.75, 3.05) is 0 Å². The van der Waals surface area contributed by atoms with Crippen LogP contribution in [-0.4, -0.2) is 4.98 Å². The van der Waals surface area contributed by atoms with Crippen LogP contribution in [0.2, 0.25) is 5.02 Å². The van der Waals surface area contributed by atoms with Gasteiger partial charge in [-0.2, -0.15) is 0 Å². The second-order valence-electron chi connectivity index (χ2n) is 3.86. The molecule has 0 saturated carbocycles. The van der Waals surface area contributed by atoms with Gasteiger partial charge in [0, 0.05) is 28.2 Å². The Bertz CT molecular complexity index is 783. The number of benzene rings is 1. The standard InChI is InChI=1S/C14H8ClNO/c15-11-3-4-12-10(7-11)2-1-9-5-6-16-8-13(9)14(12)17/h1-8H. The van der Waals surface area contributed by atoms with Crippen LogP contribution in [-0.2, 0) is 0 Å². The summed E-state index contributed by atoms with van der Waals surface area (Å²) in [5.74, 6) is 0. The molecule has 1 aromatic heterocycles. The zero-order chi connectivity index (χ0) is 11.8. The fourth-order valence-corrected chi connectivity index (χ4v) is 2.12. The van der Waals surface area contributed by atoms with Gasteiger partial charge in [0.1, 0.15) is 0 Å². The first-order valence-electron chi connectivity index (χ1n) is 5.22. The normalized spacial score (nSPS) is 10.9. The molecule has 0 bridgehead atoms. The Morgan fingerprint density at radius 2 is 1.76 bits per heavy atom. The van der Waals surface area contributed by atoms with Crippen molar-refractivity contribution in [1.82, 2.24) is 4.98 Å². The van der Waals surface area contributed by atoms with E-state index in [1.807, 2.05) is 18.2 Å². The van der Waals surface area contributed by atoms with E-state index in [4.69, 9.17) is 11.6 Å². The molecule has 3 aromatic rings. The summed E-state index contributed by atoms with van der Waals surface area (Å²) < 4.78 is 0. The SMILES string of the molecule is O=c1c2ccc(Cl)cc2ccc2ccncc12. The second-order valence-corrected chi connectivity index (χ2v) is 4.29. The van der Waals surface area contributed by atoms with E-state index in [-0.39, 0.29) is 5.43 Å². The Labute approximate surface area is 102 Å². The first-order chi connectivity index (χ1) is 8.25. The van der Waals surface area contributed by atoms with E-state index in [0.29, 0.717) is 15.8 Å². The van der Waals surface area contributed by atoms with E-state index < -0.39 is 0 Å². The van der Waals surface area contributed by atoms with Gasteiger partial charge in [-0.1, -0.05) is 23.7 Å². The van der Waals surface area contributed by atoms with Crippen LogP contribution in [0.25, 0.3) is 21.5 Å². The quantitative estimate of drug-likeness (QED) is 0.604. The summed E-state index contributed by atoms with van der Waals surface area (Å²) in [5, 5.41) is 3.66. The molecule has 0 aliphatic carbocycles. The molecule has 0 radical (unpaired) electrons. The van der Waals surface area contributed by atoms with Crippen LogP contribution in [0, 0.1) is 0 Å². The molecule has 0 atom stereocenters.